The molecule has 0 spiro atoms. The van der Waals surface area contributed by atoms with E-state index in [4.69, 9.17) is 4.74 Å². The first-order valence-electron chi connectivity index (χ1n) is 7.80. The van der Waals surface area contributed by atoms with E-state index in [1.54, 1.807) is 11.0 Å². The Hall–Kier alpha value is -2.55. The van der Waals surface area contributed by atoms with Gasteiger partial charge in [-0.25, -0.2) is 0 Å². The maximum Gasteiger partial charge on any atom is 0.254 e. The van der Waals surface area contributed by atoms with Gasteiger partial charge in [0.1, 0.15) is 12.4 Å². The van der Waals surface area contributed by atoms with Crippen LogP contribution in [0.25, 0.3) is 0 Å². The molecule has 3 nitrogen and oxygen atoms in total. The predicted octanol–water partition coefficient (Wildman–Crippen LogP) is 4.30. The van der Waals surface area contributed by atoms with E-state index in [9.17, 15) is 4.79 Å². The highest BCUT2D eigenvalue weighted by molar-refractivity contribution is 5.94. The molecule has 23 heavy (non-hydrogen) atoms. The molecule has 0 aliphatic carbocycles. The Morgan fingerprint density at radius 2 is 1.87 bits per heavy atom. The van der Waals surface area contributed by atoms with Crippen molar-refractivity contribution >= 4 is 5.91 Å². The summed E-state index contributed by atoms with van der Waals surface area (Å²) in [7, 11) is 0. The number of rotatable bonds is 7. The number of likely N-dealkylation sites (N-methyl/N-ethyl adjacent to an activating group) is 1. The lowest BCUT2D eigenvalue weighted by Crippen LogP contribution is -2.32. The van der Waals surface area contributed by atoms with Crippen LogP contribution in [0.5, 0.6) is 5.75 Å². The van der Waals surface area contributed by atoms with Crippen molar-refractivity contribution in [2.75, 3.05) is 13.1 Å². The summed E-state index contributed by atoms with van der Waals surface area (Å²) < 4.78 is 5.79. The number of carbonyl (C=O) groups excluding carboxylic acids is 1. The Labute approximate surface area is 138 Å². The van der Waals surface area contributed by atoms with Gasteiger partial charge in [-0.05, 0) is 37.6 Å². The summed E-state index contributed by atoms with van der Waals surface area (Å²) in [5.74, 6) is 0.701. The molecule has 0 bridgehead atoms. The first-order valence-corrected chi connectivity index (χ1v) is 7.80. The Balaban J connectivity index is 2.06. The summed E-state index contributed by atoms with van der Waals surface area (Å²) in [5, 5.41) is 0. The number of hydrogen-bond acceptors (Lipinski definition) is 2. The highest BCUT2D eigenvalue weighted by Gasteiger charge is 2.14. The van der Waals surface area contributed by atoms with E-state index in [1.807, 2.05) is 62.4 Å². The van der Waals surface area contributed by atoms with Crippen molar-refractivity contribution in [1.82, 2.24) is 4.90 Å². The first-order chi connectivity index (χ1) is 11.1. The van der Waals surface area contributed by atoms with Crippen molar-refractivity contribution in [1.29, 1.82) is 0 Å². The minimum Gasteiger partial charge on any atom is -0.489 e. The van der Waals surface area contributed by atoms with Gasteiger partial charge in [-0.1, -0.05) is 48.6 Å². The van der Waals surface area contributed by atoms with E-state index in [0.717, 1.165) is 11.1 Å². The van der Waals surface area contributed by atoms with Gasteiger partial charge in [0.05, 0.1) is 0 Å². The molecule has 2 rings (SSSR count). The Bertz CT molecular complexity index is 664. The van der Waals surface area contributed by atoms with Crippen LogP contribution in [-0.4, -0.2) is 23.9 Å². The summed E-state index contributed by atoms with van der Waals surface area (Å²) in [5.41, 5.74) is 2.71. The van der Waals surface area contributed by atoms with Crippen molar-refractivity contribution in [2.24, 2.45) is 0 Å². The molecule has 0 saturated carbocycles. The molecule has 1 amide bonds. The first kappa shape index (κ1) is 16.8. The molecule has 0 N–H and O–H groups in total. The van der Waals surface area contributed by atoms with Gasteiger partial charge in [0.2, 0.25) is 0 Å². The van der Waals surface area contributed by atoms with Crippen molar-refractivity contribution in [2.45, 2.75) is 20.5 Å². The second kappa shape index (κ2) is 8.18. The lowest BCUT2D eigenvalue weighted by atomic mass is 10.1. The summed E-state index contributed by atoms with van der Waals surface area (Å²) in [4.78, 5) is 14.3. The molecule has 0 unspecified atom stereocenters. The van der Waals surface area contributed by atoms with Crippen LogP contribution in [0.15, 0.2) is 66.7 Å². The molecule has 0 aliphatic heterocycles. The second-order valence-corrected chi connectivity index (χ2v) is 5.58. The maximum absolute atomic E-state index is 12.6. The molecule has 120 valence electrons. The zero-order valence-corrected chi connectivity index (χ0v) is 13.8. The van der Waals surface area contributed by atoms with Crippen molar-refractivity contribution in [3.63, 3.8) is 0 Å². The smallest absolute Gasteiger partial charge is 0.254 e. The van der Waals surface area contributed by atoms with Crippen LogP contribution in [0.2, 0.25) is 0 Å². The average Bonchev–Trinajstić information content (AvgIpc) is 2.58. The van der Waals surface area contributed by atoms with Crippen LogP contribution >= 0.6 is 0 Å². The second-order valence-electron chi connectivity index (χ2n) is 5.58. The van der Waals surface area contributed by atoms with Crippen LogP contribution < -0.4 is 4.74 Å². The number of amides is 1. The van der Waals surface area contributed by atoms with Crippen LogP contribution in [0, 0.1) is 0 Å². The van der Waals surface area contributed by atoms with Crippen molar-refractivity contribution < 1.29 is 9.53 Å². The summed E-state index contributed by atoms with van der Waals surface area (Å²) in [6, 6.07) is 17.3. The number of carbonyl (C=O) groups is 1. The third-order valence-electron chi connectivity index (χ3n) is 3.46. The minimum absolute atomic E-state index is 0.000612. The molecule has 0 heterocycles. The maximum atomic E-state index is 12.6. The molecule has 0 aromatic heterocycles. The fourth-order valence-electron chi connectivity index (χ4n) is 2.30. The molecule has 0 aliphatic rings. The number of nitrogens with zero attached hydrogens (tertiary/aromatic N) is 1. The molecule has 2 aromatic carbocycles. The van der Waals surface area contributed by atoms with Crippen LogP contribution in [0.3, 0.4) is 0 Å². The molecule has 2 aromatic rings. The van der Waals surface area contributed by atoms with E-state index < -0.39 is 0 Å². The summed E-state index contributed by atoms with van der Waals surface area (Å²) >= 11 is 0. The highest BCUT2D eigenvalue weighted by Crippen LogP contribution is 2.17. The van der Waals surface area contributed by atoms with Crippen LogP contribution in [0.4, 0.5) is 0 Å². The zero-order valence-electron chi connectivity index (χ0n) is 13.8. The van der Waals surface area contributed by atoms with Crippen LogP contribution in [0.1, 0.15) is 29.8 Å². The zero-order chi connectivity index (χ0) is 16.7. The molecule has 0 fully saturated rings. The van der Waals surface area contributed by atoms with Gasteiger partial charge >= 0.3 is 0 Å². The van der Waals surface area contributed by atoms with Gasteiger partial charge in [-0.15, -0.1) is 0 Å². The molecule has 0 radical (unpaired) electrons. The average molecular weight is 309 g/mol. The van der Waals surface area contributed by atoms with E-state index in [2.05, 4.69) is 6.58 Å². The third-order valence-corrected chi connectivity index (χ3v) is 3.46. The normalized spacial score (nSPS) is 10.2. The van der Waals surface area contributed by atoms with Gasteiger partial charge in [0, 0.05) is 18.7 Å². The van der Waals surface area contributed by atoms with E-state index in [1.165, 1.54) is 0 Å². The van der Waals surface area contributed by atoms with E-state index in [0.29, 0.717) is 31.0 Å². The topological polar surface area (TPSA) is 29.5 Å². The Morgan fingerprint density at radius 1 is 1.13 bits per heavy atom. The molecule has 0 saturated heterocycles. The molecule has 0 atom stereocenters. The largest absolute Gasteiger partial charge is 0.489 e. The molecule has 3 heteroatoms. The quantitative estimate of drug-likeness (QED) is 0.714. The molecular formula is C20H23NO2. The molecular weight excluding hydrogens is 286 g/mol. The predicted molar refractivity (Wildman–Crippen MR) is 93.6 cm³/mol. The van der Waals surface area contributed by atoms with Gasteiger partial charge in [0.25, 0.3) is 5.91 Å². The Kier molecular flexibility index (Phi) is 5.98. The van der Waals surface area contributed by atoms with Gasteiger partial charge < -0.3 is 9.64 Å². The lowest BCUT2D eigenvalue weighted by molar-refractivity contribution is 0.0778. The van der Waals surface area contributed by atoms with Gasteiger partial charge in [0.15, 0.2) is 0 Å². The summed E-state index contributed by atoms with van der Waals surface area (Å²) in [6.45, 7) is 9.49. The number of hydrogen-bond donors (Lipinski definition) is 0. The fourth-order valence-corrected chi connectivity index (χ4v) is 2.30. The van der Waals surface area contributed by atoms with Gasteiger partial charge in [-0.2, -0.15) is 0 Å². The van der Waals surface area contributed by atoms with Crippen molar-refractivity contribution in [3.05, 3.63) is 77.9 Å². The van der Waals surface area contributed by atoms with Gasteiger partial charge in [-0.3, -0.25) is 4.79 Å². The monoisotopic (exact) mass is 309 g/mol. The number of ether oxygens (including phenoxy) is 1. The summed E-state index contributed by atoms with van der Waals surface area (Å²) in [6.07, 6.45) is 0. The number of benzene rings is 2. The lowest BCUT2D eigenvalue weighted by Gasteiger charge is -2.21. The fraction of sp³-hybridized carbons (Fsp3) is 0.250. The standard InChI is InChI=1S/C20H23NO2/c1-4-21(14-16(2)3)20(22)18-11-8-12-19(13-18)23-15-17-9-6-5-7-10-17/h5-13H,2,4,14-15H2,1,3H3. The SMILES string of the molecule is C=C(C)CN(CC)C(=O)c1cccc(OCc2ccccc2)c1. The van der Waals surface area contributed by atoms with E-state index in [-0.39, 0.29) is 5.91 Å². The minimum atomic E-state index is 0.000612. The van der Waals surface area contributed by atoms with Crippen LogP contribution in [-0.2, 0) is 6.61 Å². The third kappa shape index (κ3) is 4.99. The van der Waals surface area contributed by atoms with E-state index >= 15 is 0 Å². The Morgan fingerprint density at radius 3 is 2.52 bits per heavy atom. The van der Waals surface area contributed by atoms with Crippen molar-refractivity contribution in [3.8, 4) is 5.75 Å². The highest BCUT2D eigenvalue weighted by atomic mass is 16.5.